The summed E-state index contributed by atoms with van der Waals surface area (Å²) in [6.45, 7) is 0.771. The largest absolute Gasteiger partial charge is 0.480 e. The zero-order valence-corrected chi connectivity index (χ0v) is 12.8. The van der Waals surface area contributed by atoms with Crippen LogP contribution >= 0.6 is 0 Å². The van der Waals surface area contributed by atoms with E-state index >= 15 is 0 Å². The maximum absolute atomic E-state index is 12.6. The highest BCUT2D eigenvalue weighted by molar-refractivity contribution is 5.88. The van der Waals surface area contributed by atoms with Crippen molar-refractivity contribution in [1.29, 1.82) is 0 Å². The fourth-order valence-corrected chi connectivity index (χ4v) is 3.64. The van der Waals surface area contributed by atoms with Gasteiger partial charge in [-0.1, -0.05) is 25.7 Å². The molecule has 1 unspecified atom stereocenters. The molecule has 0 saturated heterocycles. The number of carboxylic acids is 1. The van der Waals surface area contributed by atoms with Gasteiger partial charge in [0.25, 0.3) is 0 Å². The van der Waals surface area contributed by atoms with Crippen molar-refractivity contribution in [2.45, 2.75) is 63.5 Å². The second kappa shape index (κ2) is 6.10. The molecule has 0 radical (unpaired) electrons. The number of hydrogen-bond acceptors (Lipinski definition) is 3. The molecule has 3 rings (SSSR count). The third-order valence-corrected chi connectivity index (χ3v) is 5.05. The molecule has 6 heteroatoms. The molecule has 22 heavy (non-hydrogen) atoms. The Morgan fingerprint density at radius 3 is 2.68 bits per heavy atom. The smallest absolute Gasteiger partial charge is 0.329 e. The Kier molecular flexibility index (Phi) is 4.18. The first kappa shape index (κ1) is 15.1. The molecule has 1 aliphatic heterocycles. The minimum atomic E-state index is -1.07. The molecule has 0 aromatic carbocycles. The van der Waals surface area contributed by atoms with Gasteiger partial charge in [-0.05, 0) is 19.3 Å². The number of imidazole rings is 1. The van der Waals surface area contributed by atoms with Gasteiger partial charge in [0.1, 0.15) is 11.4 Å². The summed E-state index contributed by atoms with van der Waals surface area (Å²) >= 11 is 0. The summed E-state index contributed by atoms with van der Waals surface area (Å²) < 4.78 is 2.06. The van der Waals surface area contributed by atoms with Crippen molar-refractivity contribution in [3.63, 3.8) is 0 Å². The van der Waals surface area contributed by atoms with Crippen LogP contribution in [-0.4, -0.2) is 32.1 Å². The van der Waals surface area contributed by atoms with E-state index in [2.05, 4.69) is 14.9 Å². The highest BCUT2D eigenvalue weighted by atomic mass is 16.4. The van der Waals surface area contributed by atoms with E-state index in [1.165, 1.54) is 0 Å². The molecule has 1 fully saturated rings. The number of carbonyl (C=O) groups is 2. The Morgan fingerprint density at radius 2 is 2.00 bits per heavy atom. The average Bonchev–Trinajstić information content (AvgIpc) is 2.84. The lowest BCUT2D eigenvalue weighted by Crippen LogP contribution is -2.56. The van der Waals surface area contributed by atoms with E-state index in [4.69, 9.17) is 0 Å². The van der Waals surface area contributed by atoms with Gasteiger partial charge in [-0.3, -0.25) is 4.79 Å². The van der Waals surface area contributed by atoms with Crippen molar-refractivity contribution < 1.29 is 14.7 Å². The van der Waals surface area contributed by atoms with E-state index in [9.17, 15) is 14.7 Å². The molecule has 0 spiro atoms. The van der Waals surface area contributed by atoms with Crippen LogP contribution in [0.2, 0.25) is 0 Å². The SMILES string of the molecule is O=C(NC1(C(=O)O)CCCCCC1)C1CCn2ccnc2C1. The van der Waals surface area contributed by atoms with E-state index in [0.29, 0.717) is 19.3 Å². The van der Waals surface area contributed by atoms with Crippen molar-refractivity contribution in [1.82, 2.24) is 14.9 Å². The standard InChI is InChI=1S/C16H23N3O3/c20-14(12-5-9-19-10-8-17-13(19)11-12)18-16(15(21)22)6-3-1-2-4-7-16/h8,10,12H,1-7,9,11H2,(H,18,20)(H,21,22). The van der Waals surface area contributed by atoms with Crippen LogP contribution in [0.25, 0.3) is 0 Å². The van der Waals surface area contributed by atoms with Gasteiger partial charge < -0.3 is 15.0 Å². The number of amides is 1. The number of aromatic nitrogens is 2. The van der Waals surface area contributed by atoms with Crippen LogP contribution in [0.15, 0.2) is 12.4 Å². The third kappa shape index (κ3) is 2.87. The molecule has 120 valence electrons. The molecule has 1 aromatic heterocycles. The van der Waals surface area contributed by atoms with Gasteiger partial charge in [-0.25, -0.2) is 9.78 Å². The van der Waals surface area contributed by atoms with Gasteiger partial charge in [-0.2, -0.15) is 0 Å². The number of rotatable bonds is 3. The number of carboxylic acid groups (broad SMARTS) is 1. The number of aliphatic carboxylic acids is 1. The number of aryl methyl sites for hydroxylation is 1. The summed E-state index contributed by atoms with van der Waals surface area (Å²) in [5, 5.41) is 12.5. The molecule has 1 aromatic rings. The van der Waals surface area contributed by atoms with Gasteiger partial charge >= 0.3 is 5.97 Å². The molecule has 2 aliphatic rings. The van der Waals surface area contributed by atoms with Crippen LogP contribution in [-0.2, 0) is 22.6 Å². The minimum Gasteiger partial charge on any atom is -0.480 e. The molecule has 0 bridgehead atoms. The summed E-state index contributed by atoms with van der Waals surface area (Å²) in [7, 11) is 0. The maximum atomic E-state index is 12.6. The first-order valence-corrected chi connectivity index (χ1v) is 8.16. The van der Waals surface area contributed by atoms with Gasteiger partial charge in [0.15, 0.2) is 0 Å². The molecule has 1 amide bonds. The normalized spacial score (nSPS) is 24.1. The van der Waals surface area contributed by atoms with Crippen LogP contribution in [0, 0.1) is 5.92 Å². The molecule has 2 N–H and O–H groups in total. The lowest BCUT2D eigenvalue weighted by Gasteiger charge is -2.32. The first-order valence-electron chi connectivity index (χ1n) is 8.16. The molecule has 1 aliphatic carbocycles. The van der Waals surface area contributed by atoms with Gasteiger partial charge in [0.2, 0.25) is 5.91 Å². The van der Waals surface area contributed by atoms with Crippen molar-refractivity contribution in [3.8, 4) is 0 Å². The minimum absolute atomic E-state index is 0.126. The van der Waals surface area contributed by atoms with Crippen LogP contribution < -0.4 is 5.32 Å². The second-order valence-corrected chi connectivity index (χ2v) is 6.52. The van der Waals surface area contributed by atoms with Gasteiger partial charge in [-0.15, -0.1) is 0 Å². The Balaban J connectivity index is 1.70. The molecule has 1 saturated carbocycles. The molecular weight excluding hydrogens is 282 g/mol. The number of carbonyl (C=O) groups excluding carboxylic acids is 1. The van der Waals surface area contributed by atoms with Gasteiger partial charge in [0, 0.05) is 31.3 Å². The summed E-state index contributed by atoms with van der Waals surface area (Å²) in [5.74, 6) is -0.273. The zero-order chi connectivity index (χ0) is 15.6. The Bertz CT molecular complexity index is 559. The summed E-state index contributed by atoms with van der Waals surface area (Å²) in [6, 6.07) is 0. The first-order chi connectivity index (χ1) is 10.6. The predicted octanol–water partition coefficient (Wildman–Crippen LogP) is 1.74. The van der Waals surface area contributed by atoms with E-state index in [0.717, 1.165) is 44.5 Å². The fourth-order valence-electron chi connectivity index (χ4n) is 3.64. The number of hydrogen-bond donors (Lipinski definition) is 2. The highest BCUT2D eigenvalue weighted by Gasteiger charge is 2.41. The van der Waals surface area contributed by atoms with Crippen molar-refractivity contribution in [2.24, 2.45) is 5.92 Å². The highest BCUT2D eigenvalue weighted by Crippen LogP contribution is 2.29. The molecule has 2 heterocycles. The van der Waals surface area contributed by atoms with Gasteiger partial charge in [0.05, 0.1) is 0 Å². The van der Waals surface area contributed by atoms with Crippen LogP contribution in [0.3, 0.4) is 0 Å². The van der Waals surface area contributed by atoms with Crippen LogP contribution in [0.1, 0.15) is 50.8 Å². The summed E-state index contributed by atoms with van der Waals surface area (Å²) in [6.07, 6.45) is 9.90. The number of nitrogens with zero attached hydrogens (tertiary/aromatic N) is 2. The maximum Gasteiger partial charge on any atom is 0.329 e. The van der Waals surface area contributed by atoms with E-state index < -0.39 is 11.5 Å². The number of fused-ring (bicyclic) bond motifs is 1. The zero-order valence-electron chi connectivity index (χ0n) is 12.8. The summed E-state index contributed by atoms with van der Waals surface area (Å²) in [4.78, 5) is 28.7. The lowest BCUT2D eigenvalue weighted by molar-refractivity contribution is -0.149. The van der Waals surface area contributed by atoms with E-state index in [-0.39, 0.29) is 11.8 Å². The van der Waals surface area contributed by atoms with E-state index in [1.54, 1.807) is 6.20 Å². The van der Waals surface area contributed by atoms with Crippen molar-refractivity contribution in [2.75, 3.05) is 0 Å². The fraction of sp³-hybridized carbons (Fsp3) is 0.688. The van der Waals surface area contributed by atoms with Crippen LogP contribution in [0.4, 0.5) is 0 Å². The topological polar surface area (TPSA) is 84.2 Å². The monoisotopic (exact) mass is 305 g/mol. The Hall–Kier alpha value is -1.85. The quantitative estimate of drug-likeness (QED) is 0.833. The Labute approximate surface area is 129 Å². The molecule has 1 atom stereocenters. The predicted molar refractivity (Wildman–Crippen MR) is 80.2 cm³/mol. The molecule has 6 nitrogen and oxygen atoms in total. The number of nitrogens with one attached hydrogen (secondary N) is 1. The molecular formula is C16H23N3O3. The van der Waals surface area contributed by atoms with Crippen LogP contribution in [0.5, 0.6) is 0 Å². The van der Waals surface area contributed by atoms with Crippen molar-refractivity contribution in [3.05, 3.63) is 18.2 Å². The summed E-state index contributed by atoms with van der Waals surface area (Å²) in [5.41, 5.74) is -1.07. The average molecular weight is 305 g/mol. The second-order valence-electron chi connectivity index (χ2n) is 6.52. The lowest BCUT2D eigenvalue weighted by atomic mass is 9.88. The van der Waals surface area contributed by atoms with Crippen molar-refractivity contribution >= 4 is 11.9 Å². The third-order valence-electron chi connectivity index (χ3n) is 5.05. The Morgan fingerprint density at radius 1 is 1.27 bits per heavy atom. The van der Waals surface area contributed by atoms with E-state index in [1.807, 2.05) is 6.20 Å².